The average molecular weight is 277 g/mol. The van der Waals surface area contributed by atoms with Crippen molar-refractivity contribution in [1.82, 2.24) is 10.2 Å². The first kappa shape index (κ1) is 14.9. The van der Waals surface area contributed by atoms with Gasteiger partial charge in [-0.05, 0) is 29.3 Å². The highest BCUT2D eigenvalue weighted by molar-refractivity contribution is 7.07. The number of nitrogens with one attached hydrogen (secondary N) is 1. The molecule has 2 rings (SSSR count). The lowest BCUT2D eigenvalue weighted by atomic mass is 10.2. The number of hydrogen-bond acceptors (Lipinski definition) is 4. The van der Waals surface area contributed by atoms with E-state index in [1.165, 1.54) is 5.56 Å². The molecule has 1 aliphatic heterocycles. The number of hydrogen-bond donors (Lipinski definition) is 1. The van der Waals surface area contributed by atoms with E-state index in [1.54, 1.807) is 11.3 Å². The minimum Gasteiger partial charge on any atom is -0.379 e. The Hall–Kier alpha value is -0.130. The van der Waals surface area contributed by atoms with Crippen LogP contribution in [0.4, 0.5) is 0 Å². The van der Waals surface area contributed by atoms with Crippen LogP contribution in [0.25, 0.3) is 0 Å². The molecule has 3 nitrogen and oxygen atoms in total. The molecule has 5 heteroatoms. The van der Waals surface area contributed by atoms with Crippen molar-refractivity contribution in [3.05, 3.63) is 22.4 Å². The lowest BCUT2D eigenvalue weighted by Gasteiger charge is -2.32. The number of thiophene rings is 1. The van der Waals surface area contributed by atoms with Crippen LogP contribution in [0, 0.1) is 0 Å². The van der Waals surface area contributed by atoms with Gasteiger partial charge >= 0.3 is 0 Å². The maximum atomic E-state index is 5.35. The fourth-order valence-electron chi connectivity index (χ4n) is 1.97. The molecule has 17 heavy (non-hydrogen) atoms. The smallest absolute Gasteiger partial charge is 0.0594 e. The van der Waals surface area contributed by atoms with Crippen molar-refractivity contribution in [3.63, 3.8) is 0 Å². The molecule has 0 bridgehead atoms. The molecule has 1 fully saturated rings. The van der Waals surface area contributed by atoms with E-state index in [4.69, 9.17) is 4.74 Å². The van der Waals surface area contributed by atoms with Gasteiger partial charge in [-0.25, -0.2) is 0 Å². The Labute approximate surface area is 114 Å². The van der Waals surface area contributed by atoms with Crippen molar-refractivity contribution in [2.75, 3.05) is 32.8 Å². The monoisotopic (exact) mass is 276 g/mol. The minimum absolute atomic E-state index is 0. The van der Waals surface area contributed by atoms with Gasteiger partial charge in [0, 0.05) is 32.2 Å². The second-order valence-electron chi connectivity index (χ2n) is 4.26. The van der Waals surface area contributed by atoms with Crippen LogP contribution in [0.5, 0.6) is 0 Å². The molecule has 1 aliphatic rings. The molecule has 1 atom stereocenters. The van der Waals surface area contributed by atoms with Gasteiger partial charge in [0.15, 0.2) is 0 Å². The Kier molecular flexibility index (Phi) is 7.08. The van der Waals surface area contributed by atoms with Crippen molar-refractivity contribution in [3.8, 4) is 0 Å². The quantitative estimate of drug-likeness (QED) is 0.890. The van der Waals surface area contributed by atoms with Crippen LogP contribution >= 0.6 is 23.7 Å². The summed E-state index contributed by atoms with van der Waals surface area (Å²) >= 11 is 1.76. The van der Waals surface area contributed by atoms with E-state index in [2.05, 4.69) is 34.0 Å². The van der Waals surface area contributed by atoms with Gasteiger partial charge in [0.05, 0.1) is 13.2 Å². The van der Waals surface area contributed by atoms with Gasteiger partial charge in [0.1, 0.15) is 0 Å². The number of morpholine rings is 1. The second kappa shape index (κ2) is 8.06. The van der Waals surface area contributed by atoms with Gasteiger partial charge in [-0.3, -0.25) is 4.90 Å². The Morgan fingerprint density at radius 2 is 2.24 bits per heavy atom. The summed E-state index contributed by atoms with van der Waals surface area (Å²) in [6.07, 6.45) is 0. The third kappa shape index (κ3) is 4.94. The van der Waals surface area contributed by atoms with Crippen LogP contribution in [0.1, 0.15) is 12.5 Å². The van der Waals surface area contributed by atoms with Crippen molar-refractivity contribution in [2.45, 2.75) is 19.5 Å². The van der Waals surface area contributed by atoms with Crippen LogP contribution in [0.15, 0.2) is 16.8 Å². The molecule has 0 saturated carbocycles. The molecule has 1 saturated heterocycles. The predicted molar refractivity (Wildman–Crippen MR) is 75.1 cm³/mol. The highest BCUT2D eigenvalue weighted by Gasteiger charge is 2.16. The average Bonchev–Trinajstić information content (AvgIpc) is 2.83. The summed E-state index contributed by atoms with van der Waals surface area (Å²) in [5.41, 5.74) is 1.39. The first-order valence-electron chi connectivity index (χ1n) is 5.90. The Bertz CT molecular complexity index is 289. The highest BCUT2D eigenvalue weighted by Crippen LogP contribution is 2.06. The maximum absolute atomic E-state index is 5.35. The maximum Gasteiger partial charge on any atom is 0.0594 e. The van der Waals surface area contributed by atoms with Gasteiger partial charge in [0.2, 0.25) is 0 Å². The summed E-state index contributed by atoms with van der Waals surface area (Å²) in [6, 6.07) is 2.78. The normalized spacial score (nSPS) is 18.6. The summed E-state index contributed by atoms with van der Waals surface area (Å²) in [7, 11) is 0. The molecule has 0 aliphatic carbocycles. The van der Waals surface area contributed by atoms with Crippen molar-refractivity contribution < 1.29 is 4.74 Å². The molecular weight excluding hydrogens is 256 g/mol. The summed E-state index contributed by atoms with van der Waals surface area (Å²) in [6.45, 7) is 8.23. The zero-order valence-corrected chi connectivity index (χ0v) is 11.9. The number of ether oxygens (including phenoxy) is 1. The van der Waals surface area contributed by atoms with Crippen molar-refractivity contribution >= 4 is 23.7 Å². The van der Waals surface area contributed by atoms with Crippen LogP contribution < -0.4 is 5.32 Å². The lowest BCUT2D eigenvalue weighted by molar-refractivity contribution is 0.0203. The lowest BCUT2D eigenvalue weighted by Crippen LogP contribution is -2.46. The van der Waals surface area contributed by atoms with Crippen LogP contribution in [-0.2, 0) is 11.3 Å². The van der Waals surface area contributed by atoms with Gasteiger partial charge in [-0.15, -0.1) is 12.4 Å². The second-order valence-corrected chi connectivity index (χ2v) is 5.04. The Morgan fingerprint density at radius 1 is 1.47 bits per heavy atom. The van der Waals surface area contributed by atoms with Gasteiger partial charge in [-0.2, -0.15) is 11.3 Å². The van der Waals surface area contributed by atoms with E-state index in [9.17, 15) is 0 Å². The molecule has 0 amide bonds. The van der Waals surface area contributed by atoms with Crippen molar-refractivity contribution in [2.24, 2.45) is 0 Å². The summed E-state index contributed by atoms with van der Waals surface area (Å²) in [4.78, 5) is 2.49. The zero-order chi connectivity index (χ0) is 11.2. The number of nitrogens with zero attached hydrogens (tertiary/aromatic N) is 1. The standard InChI is InChI=1S/C12H20N2OS.ClH/c1-11(14-3-5-15-6-4-14)8-13-9-12-2-7-16-10-12;/h2,7,10-11,13H,3-6,8-9H2,1H3;1H. The van der Waals surface area contributed by atoms with E-state index in [-0.39, 0.29) is 12.4 Å². The fourth-order valence-corrected chi connectivity index (χ4v) is 2.63. The van der Waals surface area contributed by atoms with E-state index in [0.29, 0.717) is 6.04 Å². The molecule has 1 unspecified atom stereocenters. The van der Waals surface area contributed by atoms with Crippen LogP contribution in [-0.4, -0.2) is 43.8 Å². The number of halogens is 1. The largest absolute Gasteiger partial charge is 0.379 e. The zero-order valence-electron chi connectivity index (χ0n) is 10.2. The molecule has 0 spiro atoms. The summed E-state index contributed by atoms with van der Waals surface area (Å²) < 4.78 is 5.35. The van der Waals surface area contributed by atoms with E-state index < -0.39 is 0 Å². The fraction of sp³-hybridized carbons (Fsp3) is 0.667. The van der Waals surface area contributed by atoms with E-state index >= 15 is 0 Å². The van der Waals surface area contributed by atoms with E-state index in [1.807, 2.05) is 0 Å². The molecule has 0 radical (unpaired) electrons. The molecule has 98 valence electrons. The molecule has 1 aromatic heterocycles. The molecule has 2 heterocycles. The topological polar surface area (TPSA) is 24.5 Å². The van der Waals surface area contributed by atoms with Gasteiger partial charge in [0.25, 0.3) is 0 Å². The molecule has 0 aromatic carbocycles. The molecule has 1 N–H and O–H groups in total. The third-order valence-electron chi connectivity index (χ3n) is 3.02. The predicted octanol–water partition coefficient (Wildman–Crippen LogP) is 1.98. The highest BCUT2D eigenvalue weighted by atomic mass is 35.5. The first-order chi connectivity index (χ1) is 7.86. The molecular formula is C12H21ClN2OS. The van der Waals surface area contributed by atoms with E-state index in [0.717, 1.165) is 39.4 Å². The van der Waals surface area contributed by atoms with Crippen LogP contribution in [0.3, 0.4) is 0 Å². The van der Waals surface area contributed by atoms with Gasteiger partial charge in [-0.1, -0.05) is 0 Å². The van der Waals surface area contributed by atoms with Crippen molar-refractivity contribution in [1.29, 1.82) is 0 Å². The van der Waals surface area contributed by atoms with Crippen LogP contribution in [0.2, 0.25) is 0 Å². The summed E-state index contributed by atoms with van der Waals surface area (Å²) in [5, 5.41) is 7.84. The Morgan fingerprint density at radius 3 is 2.88 bits per heavy atom. The number of rotatable bonds is 5. The first-order valence-corrected chi connectivity index (χ1v) is 6.84. The van der Waals surface area contributed by atoms with Gasteiger partial charge < -0.3 is 10.1 Å². The third-order valence-corrected chi connectivity index (χ3v) is 3.75. The Balaban J connectivity index is 0.00000144. The molecule has 1 aromatic rings. The SMILES string of the molecule is CC(CNCc1ccsc1)N1CCOCC1.Cl. The summed E-state index contributed by atoms with van der Waals surface area (Å²) in [5.74, 6) is 0. The minimum atomic E-state index is 0.